The number of hydrogen-bond acceptors (Lipinski definition) is 5. The Morgan fingerprint density at radius 2 is 2.24 bits per heavy atom. The van der Waals surface area contributed by atoms with Crippen molar-refractivity contribution in [3.8, 4) is 0 Å². The lowest BCUT2D eigenvalue weighted by Gasteiger charge is -2.25. The van der Waals surface area contributed by atoms with Gasteiger partial charge in [-0.15, -0.1) is 10.2 Å². The van der Waals surface area contributed by atoms with E-state index in [-0.39, 0.29) is 17.9 Å². The molecule has 0 bridgehead atoms. The summed E-state index contributed by atoms with van der Waals surface area (Å²) in [5, 5.41) is 20.0. The molecule has 0 aromatic carbocycles. The third-order valence-electron chi connectivity index (χ3n) is 3.01. The number of nitrogens with zero attached hydrogens (tertiary/aromatic N) is 2. The SMILES string of the molecule is CC(C)c1nnc([C@H]2CC[C@H](C(=O)O)CN2)o1. The van der Waals surface area contributed by atoms with Crippen LogP contribution in [0.1, 0.15) is 50.4 Å². The number of carbonyl (C=O) groups is 1. The normalized spacial score (nSPS) is 25.1. The molecule has 1 fully saturated rings. The Hall–Kier alpha value is -1.43. The fourth-order valence-corrected chi connectivity index (χ4v) is 1.90. The number of hydrogen-bond donors (Lipinski definition) is 2. The molecule has 2 heterocycles. The molecule has 94 valence electrons. The molecule has 2 atom stereocenters. The first-order valence-corrected chi connectivity index (χ1v) is 5.87. The van der Waals surface area contributed by atoms with Crippen LogP contribution in [0.25, 0.3) is 0 Å². The maximum absolute atomic E-state index is 10.8. The van der Waals surface area contributed by atoms with Gasteiger partial charge in [-0.3, -0.25) is 4.79 Å². The van der Waals surface area contributed by atoms with Gasteiger partial charge in [0.05, 0.1) is 12.0 Å². The zero-order valence-corrected chi connectivity index (χ0v) is 10.0. The largest absolute Gasteiger partial charge is 0.481 e. The molecule has 0 unspecified atom stereocenters. The standard InChI is InChI=1S/C11H17N3O3/c1-6(2)9-13-14-10(17-9)8-4-3-7(5-12-8)11(15)16/h6-8,12H,3-5H2,1-2H3,(H,15,16)/t7-,8+/m0/s1. The molecule has 1 aliphatic heterocycles. The van der Waals surface area contributed by atoms with Crippen LogP contribution in [0.5, 0.6) is 0 Å². The highest BCUT2D eigenvalue weighted by Crippen LogP contribution is 2.26. The van der Waals surface area contributed by atoms with E-state index >= 15 is 0 Å². The molecule has 6 heteroatoms. The smallest absolute Gasteiger partial charge is 0.307 e. The second kappa shape index (κ2) is 4.83. The van der Waals surface area contributed by atoms with Crippen molar-refractivity contribution in [3.05, 3.63) is 11.8 Å². The maximum Gasteiger partial charge on any atom is 0.307 e. The van der Waals surface area contributed by atoms with E-state index < -0.39 is 5.97 Å². The van der Waals surface area contributed by atoms with Gasteiger partial charge in [0.25, 0.3) is 0 Å². The summed E-state index contributed by atoms with van der Waals surface area (Å²) >= 11 is 0. The monoisotopic (exact) mass is 239 g/mol. The molecule has 0 amide bonds. The number of nitrogens with one attached hydrogen (secondary N) is 1. The summed E-state index contributed by atoms with van der Waals surface area (Å²) in [7, 11) is 0. The molecule has 0 radical (unpaired) electrons. The number of carboxylic acid groups (broad SMARTS) is 1. The molecule has 1 aromatic rings. The van der Waals surface area contributed by atoms with Crippen molar-refractivity contribution < 1.29 is 14.3 Å². The maximum atomic E-state index is 10.8. The molecule has 0 aliphatic carbocycles. The number of aromatic nitrogens is 2. The Bertz CT molecular complexity index is 394. The Kier molecular flexibility index (Phi) is 3.42. The van der Waals surface area contributed by atoms with E-state index in [1.165, 1.54) is 0 Å². The Morgan fingerprint density at radius 1 is 1.47 bits per heavy atom. The Labute approximate surface area is 99.4 Å². The number of rotatable bonds is 3. The van der Waals surface area contributed by atoms with Gasteiger partial charge in [-0.2, -0.15) is 0 Å². The van der Waals surface area contributed by atoms with Crippen LogP contribution < -0.4 is 5.32 Å². The lowest BCUT2D eigenvalue weighted by Crippen LogP contribution is -2.36. The van der Waals surface area contributed by atoms with Crippen LogP contribution in [0, 0.1) is 5.92 Å². The molecule has 0 spiro atoms. The fourth-order valence-electron chi connectivity index (χ4n) is 1.90. The van der Waals surface area contributed by atoms with E-state index in [4.69, 9.17) is 9.52 Å². The van der Waals surface area contributed by atoms with E-state index in [2.05, 4.69) is 15.5 Å². The molecule has 2 rings (SSSR count). The predicted molar refractivity (Wildman–Crippen MR) is 59.5 cm³/mol. The van der Waals surface area contributed by atoms with E-state index in [0.29, 0.717) is 24.7 Å². The van der Waals surface area contributed by atoms with Gasteiger partial charge in [-0.25, -0.2) is 0 Å². The van der Waals surface area contributed by atoms with Gasteiger partial charge in [0, 0.05) is 12.5 Å². The lowest BCUT2D eigenvalue weighted by molar-refractivity contribution is -0.142. The van der Waals surface area contributed by atoms with Gasteiger partial charge >= 0.3 is 5.97 Å². The molecule has 2 N–H and O–H groups in total. The molecule has 0 saturated carbocycles. The van der Waals surface area contributed by atoms with Gasteiger partial charge < -0.3 is 14.8 Å². The summed E-state index contributed by atoms with van der Waals surface area (Å²) in [6.45, 7) is 4.44. The summed E-state index contributed by atoms with van der Waals surface area (Å²) in [5.41, 5.74) is 0. The van der Waals surface area contributed by atoms with Crippen LogP contribution in [0.4, 0.5) is 0 Å². The summed E-state index contributed by atoms with van der Waals surface area (Å²) in [6.07, 6.45) is 1.36. The van der Waals surface area contributed by atoms with Crippen LogP contribution >= 0.6 is 0 Å². The zero-order chi connectivity index (χ0) is 12.4. The average Bonchev–Trinajstić information content (AvgIpc) is 2.78. The summed E-state index contributed by atoms with van der Waals surface area (Å²) in [6, 6.07) is -0.00870. The van der Waals surface area contributed by atoms with Gasteiger partial charge in [0.1, 0.15) is 0 Å². The van der Waals surface area contributed by atoms with Crippen LogP contribution in [0.2, 0.25) is 0 Å². The third-order valence-corrected chi connectivity index (χ3v) is 3.01. The molecular weight excluding hydrogens is 222 g/mol. The minimum atomic E-state index is -0.746. The fraction of sp³-hybridized carbons (Fsp3) is 0.727. The van der Waals surface area contributed by atoms with Crippen molar-refractivity contribution in [1.82, 2.24) is 15.5 Å². The molecular formula is C11H17N3O3. The first-order chi connectivity index (χ1) is 8.08. The van der Waals surface area contributed by atoms with Crippen molar-refractivity contribution in [2.45, 2.75) is 38.6 Å². The molecule has 1 aromatic heterocycles. The van der Waals surface area contributed by atoms with Crippen molar-refractivity contribution in [3.63, 3.8) is 0 Å². The van der Waals surface area contributed by atoms with Crippen molar-refractivity contribution in [2.24, 2.45) is 5.92 Å². The van der Waals surface area contributed by atoms with Crippen molar-refractivity contribution >= 4 is 5.97 Å². The Morgan fingerprint density at radius 3 is 2.71 bits per heavy atom. The van der Waals surface area contributed by atoms with Crippen LogP contribution in [0.3, 0.4) is 0 Å². The van der Waals surface area contributed by atoms with Crippen LogP contribution in [-0.4, -0.2) is 27.8 Å². The minimum Gasteiger partial charge on any atom is -0.481 e. The number of aliphatic carboxylic acids is 1. The summed E-state index contributed by atoms with van der Waals surface area (Å²) in [5.74, 6) is 0.356. The highest BCUT2D eigenvalue weighted by Gasteiger charge is 2.29. The van der Waals surface area contributed by atoms with Crippen LogP contribution in [0.15, 0.2) is 4.42 Å². The topological polar surface area (TPSA) is 88.2 Å². The lowest BCUT2D eigenvalue weighted by atomic mass is 9.95. The van der Waals surface area contributed by atoms with E-state index in [9.17, 15) is 4.79 Å². The van der Waals surface area contributed by atoms with Gasteiger partial charge in [-0.05, 0) is 12.8 Å². The number of carboxylic acids is 1. The summed E-state index contributed by atoms with van der Waals surface area (Å²) in [4.78, 5) is 10.8. The van der Waals surface area contributed by atoms with Gasteiger partial charge in [-0.1, -0.05) is 13.8 Å². The second-order valence-corrected chi connectivity index (χ2v) is 4.71. The summed E-state index contributed by atoms with van der Waals surface area (Å²) < 4.78 is 5.55. The predicted octanol–water partition coefficient (Wildman–Crippen LogP) is 1.32. The van der Waals surface area contributed by atoms with E-state index in [0.717, 1.165) is 6.42 Å². The van der Waals surface area contributed by atoms with Crippen LogP contribution in [-0.2, 0) is 4.79 Å². The molecule has 1 saturated heterocycles. The van der Waals surface area contributed by atoms with Crippen molar-refractivity contribution in [2.75, 3.05) is 6.54 Å². The first-order valence-electron chi connectivity index (χ1n) is 5.87. The average molecular weight is 239 g/mol. The molecule has 6 nitrogen and oxygen atoms in total. The first kappa shape index (κ1) is 12.0. The van der Waals surface area contributed by atoms with Gasteiger partial charge in [0.15, 0.2) is 0 Å². The Balaban J connectivity index is 1.98. The highest BCUT2D eigenvalue weighted by molar-refractivity contribution is 5.70. The van der Waals surface area contributed by atoms with Crippen molar-refractivity contribution in [1.29, 1.82) is 0 Å². The molecule has 1 aliphatic rings. The highest BCUT2D eigenvalue weighted by atomic mass is 16.4. The zero-order valence-electron chi connectivity index (χ0n) is 10.0. The second-order valence-electron chi connectivity index (χ2n) is 4.71. The third kappa shape index (κ3) is 2.63. The molecule has 17 heavy (non-hydrogen) atoms. The van der Waals surface area contributed by atoms with Gasteiger partial charge in [0.2, 0.25) is 11.8 Å². The quantitative estimate of drug-likeness (QED) is 0.827. The number of piperidine rings is 1. The van der Waals surface area contributed by atoms with E-state index in [1.54, 1.807) is 0 Å². The van der Waals surface area contributed by atoms with E-state index in [1.807, 2.05) is 13.8 Å². The minimum absolute atomic E-state index is 0.00870.